The second kappa shape index (κ2) is 8.86. The highest BCUT2D eigenvalue weighted by Gasteiger charge is 2.29. The van der Waals surface area contributed by atoms with Gasteiger partial charge in [0.25, 0.3) is 5.91 Å². The first-order chi connectivity index (χ1) is 11.6. The van der Waals surface area contributed by atoms with Crippen molar-refractivity contribution in [2.45, 2.75) is 35.1 Å². The van der Waals surface area contributed by atoms with Crippen LogP contribution < -0.4 is 11.1 Å². The first kappa shape index (κ1) is 20.0. The largest absolute Gasteiger partial charge is 0.364 e. The van der Waals surface area contributed by atoms with Crippen molar-refractivity contribution in [1.82, 2.24) is 14.8 Å². The summed E-state index contributed by atoms with van der Waals surface area (Å²) in [6.45, 7) is 0.434. The maximum absolute atomic E-state index is 12.2. The number of nitrogens with one attached hydrogen (secondary N) is 1. The van der Waals surface area contributed by atoms with Crippen LogP contribution in [0.1, 0.15) is 12.8 Å². The second-order valence-electron chi connectivity index (χ2n) is 5.52. The van der Waals surface area contributed by atoms with E-state index in [0.717, 1.165) is 16.5 Å². The number of aromatic nitrogens is 3. The standard InChI is InChI=1S/C15H18ClN5O2S.ClH/c1-21-8-18-20-15(21)24-13-5-2-9(6-11(13)16)19-14(22)12-4-3-10(7-17)23-12;/h2,5-6,8,10,12H,3-4,7,17H2,1H3,(H,19,22);1H/t10-,12+;/m1./s1. The molecule has 0 unspecified atom stereocenters. The van der Waals surface area contributed by atoms with Crippen molar-refractivity contribution in [1.29, 1.82) is 0 Å². The lowest BCUT2D eigenvalue weighted by Crippen LogP contribution is -2.29. The summed E-state index contributed by atoms with van der Waals surface area (Å²) in [7, 11) is 1.86. The van der Waals surface area contributed by atoms with Gasteiger partial charge in [-0.2, -0.15) is 0 Å². The normalized spacial score (nSPS) is 19.5. The van der Waals surface area contributed by atoms with E-state index in [4.69, 9.17) is 22.1 Å². The molecule has 1 aliphatic heterocycles. The third-order valence-corrected chi connectivity index (χ3v) is 5.29. The highest BCUT2D eigenvalue weighted by molar-refractivity contribution is 7.99. The predicted octanol–water partition coefficient (Wildman–Crippen LogP) is 2.49. The lowest BCUT2D eigenvalue weighted by molar-refractivity contribution is -0.126. The van der Waals surface area contributed by atoms with Gasteiger partial charge in [-0.05, 0) is 42.8 Å². The molecule has 3 rings (SSSR count). The predicted molar refractivity (Wildman–Crippen MR) is 99.4 cm³/mol. The number of ether oxygens (including phenoxy) is 1. The van der Waals surface area contributed by atoms with E-state index in [1.54, 1.807) is 18.5 Å². The van der Waals surface area contributed by atoms with Crippen LogP contribution in [0.25, 0.3) is 0 Å². The summed E-state index contributed by atoms with van der Waals surface area (Å²) in [6.07, 6.45) is 2.63. The quantitative estimate of drug-likeness (QED) is 0.795. The number of aryl methyl sites for hydroxylation is 1. The zero-order chi connectivity index (χ0) is 17.1. The van der Waals surface area contributed by atoms with Gasteiger partial charge >= 0.3 is 0 Å². The Hall–Kier alpha value is -1.32. The van der Waals surface area contributed by atoms with Gasteiger partial charge in [-0.1, -0.05) is 11.6 Å². The average Bonchev–Trinajstić information content (AvgIpc) is 3.19. The van der Waals surface area contributed by atoms with E-state index in [9.17, 15) is 4.79 Å². The monoisotopic (exact) mass is 403 g/mol. The van der Waals surface area contributed by atoms with Gasteiger partial charge in [-0.3, -0.25) is 4.79 Å². The minimum absolute atomic E-state index is 0. The molecular formula is C15H19Cl2N5O2S. The Labute approximate surface area is 161 Å². The number of halogens is 2. The van der Waals surface area contributed by atoms with Crippen LogP contribution in [0.15, 0.2) is 34.6 Å². The van der Waals surface area contributed by atoms with Gasteiger partial charge in [0.1, 0.15) is 12.4 Å². The molecule has 1 saturated heterocycles. The molecule has 0 bridgehead atoms. The Bertz CT molecular complexity index is 742. The van der Waals surface area contributed by atoms with Crippen molar-refractivity contribution in [2.24, 2.45) is 12.8 Å². The topological polar surface area (TPSA) is 95.1 Å². The number of hydrogen-bond donors (Lipinski definition) is 2. The van der Waals surface area contributed by atoms with Gasteiger partial charge in [0.2, 0.25) is 0 Å². The van der Waals surface area contributed by atoms with E-state index in [1.165, 1.54) is 11.8 Å². The Kier molecular flexibility index (Phi) is 7.09. The molecule has 136 valence electrons. The Morgan fingerprint density at radius 2 is 2.32 bits per heavy atom. The maximum Gasteiger partial charge on any atom is 0.253 e. The van der Waals surface area contributed by atoms with E-state index in [-0.39, 0.29) is 24.4 Å². The fourth-order valence-electron chi connectivity index (χ4n) is 2.42. The molecule has 10 heteroatoms. The molecule has 7 nitrogen and oxygen atoms in total. The van der Waals surface area contributed by atoms with E-state index in [0.29, 0.717) is 23.7 Å². The molecule has 1 aromatic heterocycles. The molecule has 0 aliphatic carbocycles. The molecule has 1 aromatic carbocycles. The van der Waals surface area contributed by atoms with Crippen molar-refractivity contribution in [3.8, 4) is 0 Å². The minimum Gasteiger partial charge on any atom is -0.364 e. The van der Waals surface area contributed by atoms with E-state index in [1.807, 2.05) is 17.7 Å². The zero-order valence-corrected chi connectivity index (χ0v) is 15.9. The molecule has 1 aliphatic rings. The summed E-state index contributed by atoms with van der Waals surface area (Å²) in [5.74, 6) is -0.171. The van der Waals surface area contributed by atoms with Gasteiger partial charge in [-0.15, -0.1) is 22.6 Å². The van der Waals surface area contributed by atoms with Crippen LogP contribution in [0.2, 0.25) is 5.02 Å². The molecule has 2 heterocycles. The summed E-state index contributed by atoms with van der Waals surface area (Å²) in [5.41, 5.74) is 6.20. The smallest absolute Gasteiger partial charge is 0.253 e. The van der Waals surface area contributed by atoms with Crippen LogP contribution in [-0.4, -0.2) is 39.4 Å². The minimum atomic E-state index is -0.454. The zero-order valence-electron chi connectivity index (χ0n) is 13.5. The number of nitrogens with two attached hydrogens (primary N) is 1. The van der Waals surface area contributed by atoms with Gasteiger partial charge in [0.15, 0.2) is 5.16 Å². The third kappa shape index (κ3) is 4.86. The summed E-state index contributed by atoms with van der Waals surface area (Å²) in [6, 6.07) is 5.36. The first-order valence-corrected chi connectivity index (χ1v) is 8.74. The Morgan fingerprint density at radius 1 is 1.52 bits per heavy atom. The summed E-state index contributed by atoms with van der Waals surface area (Å²) in [5, 5.41) is 11.9. The molecule has 0 saturated carbocycles. The lowest BCUT2D eigenvalue weighted by atomic mass is 10.2. The number of carbonyl (C=O) groups excluding carboxylic acids is 1. The van der Waals surface area contributed by atoms with Crippen molar-refractivity contribution in [2.75, 3.05) is 11.9 Å². The fraction of sp³-hybridized carbons (Fsp3) is 0.400. The number of benzene rings is 1. The first-order valence-electron chi connectivity index (χ1n) is 7.54. The van der Waals surface area contributed by atoms with Crippen LogP contribution >= 0.6 is 35.8 Å². The molecular weight excluding hydrogens is 385 g/mol. The number of nitrogens with zero attached hydrogens (tertiary/aromatic N) is 3. The average molecular weight is 404 g/mol. The van der Waals surface area contributed by atoms with Crippen molar-refractivity contribution < 1.29 is 9.53 Å². The molecule has 0 spiro atoms. The molecule has 0 radical (unpaired) electrons. The van der Waals surface area contributed by atoms with Crippen LogP contribution in [0.4, 0.5) is 5.69 Å². The van der Waals surface area contributed by atoms with Gasteiger partial charge < -0.3 is 20.4 Å². The van der Waals surface area contributed by atoms with Crippen LogP contribution in [0.3, 0.4) is 0 Å². The maximum atomic E-state index is 12.2. The number of hydrogen-bond acceptors (Lipinski definition) is 6. The second-order valence-corrected chi connectivity index (χ2v) is 6.94. The number of anilines is 1. The Balaban J connectivity index is 0.00000225. The SMILES string of the molecule is Cl.Cn1cnnc1Sc1ccc(NC(=O)[C@@H]2CC[C@H](CN)O2)cc1Cl. The molecule has 1 fully saturated rings. The van der Waals surface area contributed by atoms with Crippen LogP contribution in [0.5, 0.6) is 0 Å². The van der Waals surface area contributed by atoms with Crippen LogP contribution in [0, 0.1) is 0 Å². The molecule has 25 heavy (non-hydrogen) atoms. The van der Waals surface area contributed by atoms with E-state index >= 15 is 0 Å². The van der Waals surface area contributed by atoms with E-state index < -0.39 is 6.10 Å². The highest BCUT2D eigenvalue weighted by Crippen LogP contribution is 2.33. The summed E-state index contributed by atoms with van der Waals surface area (Å²) >= 11 is 7.72. The molecule has 2 aromatic rings. The molecule has 1 amide bonds. The molecule has 3 N–H and O–H groups in total. The van der Waals surface area contributed by atoms with Crippen LogP contribution in [-0.2, 0) is 16.6 Å². The number of carbonyl (C=O) groups is 1. The van der Waals surface area contributed by atoms with E-state index in [2.05, 4.69) is 15.5 Å². The third-order valence-electron chi connectivity index (χ3n) is 3.73. The van der Waals surface area contributed by atoms with Gasteiger partial charge in [0.05, 0.1) is 11.1 Å². The van der Waals surface area contributed by atoms with Crippen molar-refractivity contribution >= 4 is 47.4 Å². The summed E-state index contributed by atoms with van der Waals surface area (Å²) in [4.78, 5) is 13.1. The highest BCUT2D eigenvalue weighted by atomic mass is 35.5. The van der Waals surface area contributed by atoms with Crippen molar-refractivity contribution in [3.05, 3.63) is 29.5 Å². The number of rotatable bonds is 5. The lowest BCUT2D eigenvalue weighted by Gasteiger charge is -2.13. The number of amides is 1. The Morgan fingerprint density at radius 3 is 2.92 bits per heavy atom. The fourth-order valence-corrected chi connectivity index (χ4v) is 3.48. The molecule has 2 atom stereocenters. The van der Waals surface area contributed by atoms with Gasteiger partial charge in [0, 0.05) is 24.2 Å². The van der Waals surface area contributed by atoms with Gasteiger partial charge in [-0.25, -0.2) is 0 Å². The van der Waals surface area contributed by atoms with Crippen molar-refractivity contribution in [3.63, 3.8) is 0 Å². The summed E-state index contributed by atoms with van der Waals surface area (Å²) < 4.78 is 7.40.